The van der Waals surface area contributed by atoms with Gasteiger partial charge in [0.15, 0.2) is 0 Å². The Kier molecular flexibility index (Phi) is 4.06. The van der Waals surface area contributed by atoms with E-state index in [9.17, 15) is 21.6 Å². The fourth-order valence-electron chi connectivity index (χ4n) is 1.41. The first kappa shape index (κ1) is 15.5. The number of sulfonamides is 1. The Morgan fingerprint density at radius 3 is 2.24 bits per heavy atom. The molecule has 0 bridgehead atoms. The minimum atomic E-state index is -4.53. The highest BCUT2D eigenvalue weighted by Crippen LogP contribution is 2.29. The summed E-state index contributed by atoms with van der Waals surface area (Å²) in [5, 5.41) is -0.164. The zero-order valence-corrected chi connectivity index (χ0v) is 11.7. The maximum absolute atomic E-state index is 12.4. The van der Waals surface area contributed by atoms with E-state index in [1.165, 1.54) is 12.3 Å². The number of nitrogens with one attached hydrogen (secondary N) is 1. The van der Waals surface area contributed by atoms with Crippen molar-refractivity contribution < 1.29 is 21.6 Å². The second kappa shape index (κ2) is 5.49. The van der Waals surface area contributed by atoms with Crippen LogP contribution >= 0.6 is 11.6 Å². The molecule has 0 atom stereocenters. The van der Waals surface area contributed by atoms with Gasteiger partial charge in [0.1, 0.15) is 5.82 Å². The molecule has 0 aliphatic rings. The Balaban J connectivity index is 2.28. The molecule has 1 heterocycles. The molecule has 2 rings (SSSR count). The van der Waals surface area contributed by atoms with E-state index < -0.39 is 21.8 Å². The molecular formula is C11H7ClF3N3O2S. The number of hydrogen-bond donors (Lipinski definition) is 1. The van der Waals surface area contributed by atoms with Gasteiger partial charge in [-0.1, -0.05) is 0 Å². The number of anilines is 1. The van der Waals surface area contributed by atoms with Crippen LogP contribution in [0.3, 0.4) is 0 Å². The SMILES string of the molecule is O=S(=O)(Nc1ccnc(Cl)n1)c1ccc(C(F)(F)F)cc1. The minimum absolute atomic E-state index is 0.0881. The highest BCUT2D eigenvalue weighted by atomic mass is 35.5. The van der Waals surface area contributed by atoms with E-state index in [0.29, 0.717) is 12.1 Å². The van der Waals surface area contributed by atoms with Gasteiger partial charge in [-0.05, 0) is 41.9 Å². The molecule has 10 heteroatoms. The third-order valence-electron chi connectivity index (χ3n) is 2.36. The molecule has 0 spiro atoms. The van der Waals surface area contributed by atoms with Gasteiger partial charge in [0.05, 0.1) is 10.5 Å². The summed E-state index contributed by atoms with van der Waals surface area (Å²) in [4.78, 5) is 6.87. The van der Waals surface area contributed by atoms with Crippen LogP contribution in [0.1, 0.15) is 5.56 Å². The van der Waals surface area contributed by atoms with Crippen molar-refractivity contribution in [2.45, 2.75) is 11.1 Å². The number of nitrogens with zero attached hydrogens (tertiary/aromatic N) is 2. The largest absolute Gasteiger partial charge is 0.416 e. The van der Waals surface area contributed by atoms with Crippen LogP contribution < -0.4 is 4.72 Å². The van der Waals surface area contributed by atoms with Crippen LogP contribution in [-0.4, -0.2) is 18.4 Å². The second-order valence-electron chi connectivity index (χ2n) is 3.84. The van der Waals surface area contributed by atoms with Crippen LogP contribution in [0.2, 0.25) is 5.28 Å². The van der Waals surface area contributed by atoms with Crippen LogP contribution in [0.25, 0.3) is 0 Å². The highest BCUT2D eigenvalue weighted by Gasteiger charge is 2.30. The monoisotopic (exact) mass is 337 g/mol. The molecule has 0 aliphatic heterocycles. The van der Waals surface area contributed by atoms with Crippen LogP contribution in [0.5, 0.6) is 0 Å². The van der Waals surface area contributed by atoms with E-state index in [2.05, 4.69) is 14.7 Å². The number of rotatable bonds is 3. The summed E-state index contributed by atoms with van der Waals surface area (Å²) >= 11 is 5.51. The average molecular weight is 338 g/mol. The van der Waals surface area contributed by atoms with Crippen molar-refractivity contribution in [1.29, 1.82) is 0 Å². The van der Waals surface area contributed by atoms with Crippen molar-refractivity contribution in [3.63, 3.8) is 0 Å². The molecule has 1 aromatic heterocycles. The smallest absolute Gasteiger partial charge is 0.263 e. The first-order valence-corrected chi connectivity index (χ1v) is 7.23. The third kappa shape index (κ3) is 3.82. The summed E-state index contributed by atoms with van der Waals surface area (Å²) in [5.41, 5.74) is -0.938. The highest BCUT2D eigenvalue weighted by molar-refractivity contribution is 7.92. The van der Waals surface area contributed by atoms with E-state index >= 15 is 0 Å². The predicted molar refractivity (Wildman–Crippen MR) is 69.3 cm³/mol. The molecule has 0 fully saturated rings. The molecule has 0 aliphatic carbocycles. The van der Waals surface area contributed by atoms with Gasteiger partial charge < -0.3 is 0 Å². The molecule has 0 amide bonds. The molecule has 112 valence electrons. The Morgan fingerprint density at radius 1 is 1.10 bits per heavy atom. The summed E-state index contributed by atoms with van der Waals surface area (Å²) in [7, 11) is -4.06. The van der Waals surface area contributed by atoms with E-state index in [0.717, 1.165) is 12.1 Å². The lowest BCUT2D eigenvalue weighted by Gasteiger charge is -2.09. The van der Waals surface area contributed by atoms with Gasteiger partial charge in [0, 0.05) is 6.20 Å². The fraction of sp³-hybridized carbons (Fsp3) is 0.0909. The summed E-state index contributed by atoms with van der Waals surface area (Å²) in [6.07, 6.45) is -3.30. The van der Waals surface area contributed by atoms with Crippen LogP contribution in [0.4, 0.5) is 19.0 Å². The van der Waals surface area contributed by atoms with Crippen LogP contribution in [-0.2, 0) is 16.2 Å². The summed E-state index contributed by atoms with van der Waals surface area (Å²) in [6.45, 7) is 0. The normalized spacial score (nSPS) is 12.2. The zero-order valence-electron chi connectivity index (χ0n) is 10.1. The Morgan fingerprint density at radius 2 is 1.71 bits per heavy atom. The number of hydrogen-bond acceptors (Lipinski definition) is 4. The van der Waals surface area contributed by atoms with Gasteiger partial charge in [-0.2, -0.15) is 18.2 Å². The van der Waals surface area contributed by atoms with Crippen molar-refractivity contribution in [3.8, 4) is 0 Å². The molecule has 0 radical (unpaired) electrons. The number of aromatic nitrogens is 2. The van der Waals surface area contributed by atoms with Gasteiger partial charge in [0.25, 0.3) is 10.0 Å². The van der Waals surface area contributed by atoms with Gasteiger partial charge >= 0.3 is 6.18 Å². The molecular weight excluding hydrogens is 331 g/mol. The topological polar surface area (TPSA) is 72.0 Å². The van der Waals surface area contributed by atoms with Gasteiger partial charge in [-0.25, -0.2) is 13.4 Å². The van der Waals surface area contributed by atoms with Crippen molar-refractivity contribution in [2.75, 3.05) is 4.72 Å². The Bertz CT molecular complexity index is 748. The zero-order chi connectivity index (χ0) is 15.7. The molecule has 0 unspecified atom stereocenters. The maximum Gasteiger partial charge on any atom is 0.416 e. The standard InChI is InChI=1S/C11H7ClF3N3O2S/c12-10-16-6-5-9(17-10)18-21(19,20)8-3-1-7(2-4-8)11(13,14)15/h1-6H,(H,16,17,18). The molecule has 21 heavy (non-hydrogen) atoms. The fourth-order valence-corrected chi connectivity index (χ4v) is 2.56. The molecule has 1 aromatic carbocycles. The van der Waals surface area contributed by atoms with Gasteiger partial charge in [-0.15, -0.1) is 0 Å². The minimum Gasteiger partial charge on any atom is -0.263 e. The van der Waals surface area contributed by atoms with E-state index in [-0.39, 0.29) is 16.0 Å². The first-order chi connectivity index (χ1) is 9.68. The number of halogens is 4. The van der Waals surface area contributed by atoms with Gasteiger partial charge in [-0.3, -0.25) is 4.72 Å². The lowest BCUT2D eigenvalue weighted by molar-refractivity contribution is -0.137. The van der Waals surface area contributed by atoms with Crippen molar-refractivity contribution in [3.05, 3.63) is 47.4 Å². The quantitative estimate of drug-likeness (QED) is 0.874. The first-order valence-electron chi connectivity index (χ1n) is 5.37. The van der Waals surface area contributed by atoms with Crippen molar-refractivity contribution in [2.24, 2.45) is 0 Å². The van der Waals surface area contributed by atoms with E-state index in [4.69, 9.17) is 11.6 Å². The average Bonchev–Trinajstić information content (AvgIpc) is 2.37. The van der Waals surface area contributed by atoms with Crippen LogP contribution in [0, 0.1) is 0 Å². The maximum atomic E-state index is 12.4. The Hall–Kier alpha value is -1.87. The molecule has 0 saturated carbocycles. The van der Waals surface area contributed by atoms with Crippen molar-refractivity contribution >= 4 is 27.4 Å². The molecule has 2 aromatic rings. The van der Waals surface area contributed by atoms with E-state index in [1.807, 2.05) is 0 Å². The number of alkyl halides is 3. The van der Waals surface area contributed by atoms with Crippen LogP contribution in [0.15, 0.2) is 41.4 Å². The summed E-state index contributed by atoms with van der Waals surface area (Å²) in [6, 6.07) is 4.33. The third-order valence-corrected chi connectivity index (χ3v) is 3.91. The van der Waals surface area contributed by atoms with Crippen molar-refractivity contribution in [1.82, 2.24) is 9.97 Å². The molecule has 5 nitrogen and oxygen atoms in total. The predicted octanol–water partition coefficient (Wildman–Crippen LogP) is 2.95. The molecule has 0 saturated heterocycles. The summed E-state index contributed by atoms with van der Waals surface area (Å²) < 4.78 is 63.3. The van der Waals surface area contributed by atoms with E-state index in [1.54, 1.807) is 0 Å². The molecule has 1 N–H and O–H groups in total. The van der Waals surface area contributed by atoms with Gasteiger partial charge in [0.2, 0.25) is 5.28 Å². The lowest BCUT2D eigenvalue weighted by atomic mass is 10.2. The Labute approximate surface area is 122 Å². The second-order valence-corrected chi connectivity index (χ2v) is 5.86. The summed E-state index contributed by atoms with van der Waals surface area (Å²) in [5.74, 6) is -0.0881. The number of benzene rings is 1. The lowest BCUT2D eigenvalue weighted by Crippen LogP contribution is -2.14.